The molecule has 2 rings (SSSR count). The number of hydrogen-bond acceptors (Lipinski definition) is 6. The van der Waals surface area contributed by atoms with Crippen LogP contribution < -0.4 is 5.73 Å². The second-order valence-electron chi connectivity index (χ2n) is 5.92. The highest BCUT2D eigenvalue weighted by Crippen LogP contribution is 2.32. The number of ether oxygens (including phenoxy) is 2. The number of hydrogen-bond donors (Lipinski definition) is 3. The molecule has 8 heteroatoms. The fraction of sp³-hybridized carbons (Fsp3) is 1.00. The summed E-state index contributed by atoms with van der Waals surface area (Å²) in [6.07, 6.45) is -0.0524. The van der Waals surface area contributed by atoms with E-state index >= 15 is 0 Å². The lowest BCUT2D eigenvalue weighted by Crippen LogP contribution is -2.54. The van der Waals surface area contributed by atoms with Crippen LogP contribution in [0, 0.1) is 5.92 Å². The lowest BCUT2D eigenvalue weighted by atomic mass is 9.80. The summed E-state index contributed by atoms with van der Waals surface area (Å²) in [6, 6.07) is -0.621. The molecule has 0 radical (unpaired) electrons. The first-order valence-corrected chi connectivity index (χ1v) is 7.48. The van der Waals surface area contributed by atoms with Gasteiger partial charge in [-0.05, 0) is 37.1 Å². The number of rotatable bonds is 4. The van der Waals surface area contributed by atoms with E-state index in [-0.39, 0.29) is 12.0 Å². The van der Waals surface area contributed by atoms with Crippen molar-refractivity contribution in [3.05, 3.63) is 10.4 Å². The van der Waals surface area contributed by atoms with Crippen molar-refractivity contribution >= 4 is 0 Å². The van der Waals surface area contributed by atoms with Crippen molar-refractivity contribution < 1.29 is 19.7 Å². The Kier molecular flexibility index (Phi) is 5.80. The molecular formula is C13H24N4O4. The third-order valence-electron chi connectivity index (χ3n) is 4.34. The van der Waals surface area contributed by atoms with E-state index < -0.39 is 30.6 Å². The average molecular weight is 300 g/mol. The van der Waals surface area contributed by atoms with E-state index in [1.165, 1.54) is 0 Å². The highest BCUT2D eigenvalue weighted by atomic mass is 16.7. The SMILES string of the molecule is C[C@H]1CC(N=[N+]=[N-])[C@H](O)[C@@H](O)[C@@H]1O[C@@H]1CCCC(CN)O1. The zero-order valence-electron chi connectivity index (χ0n) is 12.2. The van der Waals surface area contributed by atoms with E-state index in [4.69, 9.17) is 20.7 Å². The molecule has 1 heterocycles. The van der Waals surface area contributed by atoms with Crippen LogP contribution >= 0.6 is 0 Å². The maximum atomic E-state index is 10.2. The minimum absolute atomic E-state index is 0.0133. The molecule has 1 aliphatic carbocycles. The van der Waals surface area contributed by atoms with E-state index in [1.807, 2.05) is 6.92 Å². The number of nitrogens with two attached hydrogens (primary N) is 1. The zero-order chi connectivity index (χ0) is 15.4. The molecule has 1 saturated carbocycles. The van der Waals surface area contributed by atoms with Crippen molar-refractivity contribution in [1.29, 1.82) is 0 Å². The summed E-state index contributed by atoms with van der Waals surface area (Å²) in [5.41, 5.74) is 14.1. The maximum absolute atomic E-state index is 10.2. The van der Waals surface area contributed by atoms with Crippen LogP contribution in [0.15, 0.2) is 5.11 Å². The van der Waals surface area contributed by atoms with Crippen molar-refractivity contribution in [3.63, 3.8) is 0 Å². The molecule has 8 nitrogen and oxygen atoms in total. The van der Waals surface area contributed by atoms with E-state index in [9.17, 15) is 10.2 Å². The molecule has 4 N–H and O–H groups in total. The fourth-order valence-corrected chi connectivity index (χ4v) is 3.12. The Bertz CT molecular complexity index is 390. The van der Waals surface area contributed by atoms with Gasteiger partial charge in [-0.3, -0.25) is 0 Å². The first kappa shape index (κ1) is 16.5. The van der Waals surface area contributed by atoms with Gasteiger partial charge in [0, 0.05) is 11.5 Å². The topological polar surface area (TPSA) is 134 Å². The van der Waals surface area contributed by atoms with E-state index in [1.54, 1.807) is 0 Å². The Morgan fingerprint density at radius 2 is 2.14 bits per heavy atom. The Morgan fingerprint density at radius 1 is 1.38 bits per heavy atom. The first-order chi connectivity index (χ1) is 10.1. The smallest absolute Gasteiger partial charge is 0.158 e. The van der Waals surface area contributed by atoms with E-state index in [0.717, 1.165) is 19.3 Å². The first-order valence-electron chi connectivity index (χ1n) is 7.48. The highest BCUT2D eigenvalue weighted by molar-refractivity contribution is 4.96. The third-order valence-corrected chi connectivity index (χ3v) is 4.34. The molecule has 0 bridgehead atoms. The second-order valence-corrected chi connectivity index (χ2v) is 5.92. The fourth-order valence-electron chi connectivity index (χ4n) is 3.12. The minimum atomic E-state index is -1.11. The largest absolute Gasteiger partial charge is 0.390 e. The number of azide groups is 1. The summed E-state index contributed by atoms with van der Waals surface area (Å²) in [5, 5.41) is 23.8. The van der Waals surface area contributed by atoms with Crippen LogP contribution in [0.4, 0.5) is 0 Å². The molecule has 0 aromatic rings. The van der Waals surface area contributed by atoms with Crippen LogP contribution in [-0.4, -0.2) is 53.5 Å². The van der Waals surface area contributed by atoms with Crippen LogP contribution in [-0.2, 0) is 9.47 Å². The Morgan fingerprint density at radius 3 is 2.81 bits per heavy atom. The normalized spacial score (nSPS) is 44.1. The monoisotopic (exact) mass is 300 g/mol. The Labute approximate surface area is 123 Å². The Hall–Kier alpha value is -0.890. The predicted octanol–water partition coefficient (Wildman–Crippen LogP) is 0.666. The predicted molar refractivity (Wildman–Crippen MR) is 75.2 cm³/mol. The lowest BCUT2D eigenvalue weighted by molar-refractivity contribution is -0.252. The minimum Gasteiger partial charge on any atom is -0.390 e. The van der Waals surface area contributed by atoms with E-state index in [2.05, 4.69) is 10.0 Å². The molecule has 21 heavy (non-hydrogen) atoms. The summed E-state index contributed by atoms with van der Waals surface area (Å²) < 4.78 is 11.6. The Balaban J connectivity index is 1.97. The molecule has 120 valence electrons. The summed E-state index contributed by atoms with van der Waals surface area (Å²) in [4.78, 5) is 2.71. The second kappa shape index (κ2) is 7.40. The van der Waals surface area contributed by atoms with Gasteiger partial charge in [-0.1, -0.05) is 12.0 Å². The average Bonchev–Trinajstić information content (AvgIpc) is 2.49. The van der Waals surface area contributed by atoms with Gasteiger partial charge in [-0.2, -0.15) is 0 Å². The van der Waals surface area contributed by atoms with Gasteiger partial charge in [-0.25, -0.2) is 0 Å². The molecule has 0 amide bonds. The number of nitrogens with zero attached hydrogens (tertiary/aromatic N) is 3. The molecule has 1 saturated heterocycles. The molecule has 0 aromatic carbocycles. The van der Waals surface area contributed by atoms with Gasteiger partial charge in [0.1, 0.15) is 6.10 Å². The summed E-state index contributed by atoms with van der Waals surface area (Å²) in [6.45, 7) is 2.35. The van der Waals surface area contributed by atoms with Crippen molar-refractivity contribution in [2.24, 2.45) is 16.8 Å². The standard InChI is InChI=1S/C13H24N4O4/c1-7-5-9(16-17-15)11(18)12(19)13(7)21-10-4-2-3-8(6-14)20-10/h7-13,18-19H,2-6,14H2,1H3/t7-,8?,9?,10+,11-,12+,13+/m0/s1. The van der Waals surface area contributed by atoms with Crippen molar-refractivity contribution in [3.8, 4) is 0 Å². The lowest BCUT2D eigenvalue weighted by Gasteiger charge is -2.42. The number of aliphatic hydroxyl groups excluding tert-OH is 2. The van der Waals surface area contributed by atoms with Crippen molar-refractivity contribution in [1.82, 2.24) is 0 Å². The molecule has 2 fully saturated rings. The summed E-state index contributed by atoms with van der Waals surface area (Å²) >= 11 is 0. The van der Waals surface area contributed by atoms with Gasteiger partial charge < -0.3 is 25.4 Å². The molecule has 1 aliphatic heterocycles. The van der Waals surface area contributed by atoms with Crippen LogP contribution in [0.25, 0.3) is 10.4 Å². The molecule has 0 spiro atoms. The molecular weight excluding hydrogens is 276 g/mol. The molecule has 2 unspecified atom stereocenters. The quantitative estimate of drug-likeness (QED) is 0.398. The van der Waals surface area contributed by atoms with Gasteiger partial charge in [0.2, 0.25) is 0 Å². The molecule has 2 aliphatic rings. The van der Waals surface area contributed by atoms with Crippen LogP contribution in [0.2, 0.25) is 0 Å². The van der Waals surface area contributed by atoms with Gasteiger partial charge in [0.05, 0.1) is 24.4 Å². The van der Waals surface area contributed by atoms with Gasteiger partial charge in [-0.15, -0.1) is 0 Å². The summed E-state index contributed by atoms with van der Waals surface area (Å²) in [7, 11) is 0. The summed E-state index contributed by atoms with van der Waals surface area (Å²) in [5.74, 6) is -0.0410. The van der Waals surface area contributed by atoms with Crippen LogP contribution in [0.1, 0.15) is 32.6 Å². The molecule has 7 atom stereocenters. The maximum Gasteiger partial charge on any atom is 0.158 e. The zero-order valence-corrected chi connectivity index (χ0v) is 12.2. The van der Waals surface area contributed by atoms with Gasteiger partial charge in [0.25, 0.3) is 0 Å². The number of aliphatic hydroxyl groups is 2. The van der Waals surface area contributed by atoms with Crippen molar-refractivity contribution in [2.75, 3.05) is 6.54 Å². The van der Waals surface area contributed by atoms with Crippen LogP contribution in [0.3, 0.4) is 0 Å². The van der Waals surface area contributed by atoms with Gasteiger partial charge >= 0.3 is 0 Å². The van der Waals surface area contributed by atoms with Gasteiger partial charge in [0.15, 0.2) is 6.29 Å². The molecule has 0 aromatic heterocycles. The van der Waals surface area contributed by atoms with Crippen LogP contribution in [0.5, 0.6) is 0 Å². The van der Waals surface area contributed by atoms with E-state index in [0.29, 0.717) is 13.0 Å². The third kappa shape index (κ3) is 3.85. The highest BCUT2D eigenvalue weighted by Gasteiger charge is 2.43. The van der Waals surface area contributed by atoms with Crippen molar-refractivity contribution in [2.45, 2.75) is 69.4 Å².